The highest BCUT2D eigenvalue weighted by Crippen LogP contribution is 2.16. The second kappa shape index (κ2) is 7.07. The van der Waals surface area contributed by atoms with Gasteiger partial charge in [0.15, 0.2) is 6.61 Å². The van der Waals surface area contributed by atoms with Crippen LogP contribution in [0.25, 0.3) is 0 Å². The van der Waals surface area contributed by atoms with Crippen molar-refractivity contribution in [1.82, 2.24) is 4.90 Å². The van der Waals surface area contributed by atoms with Gasteiger partial charge >= 0.3 is 5.97 Å². The summed E-state index contributed by atoms with van der Waals surface area (Å²) in [5.41, 5.74) is 0.280. The first kappa shape index (κ1) is 15.3. The lowest BCUT2D eigenvalue weighted by Crippen LogP contribution is -2.32. The Morgan fingerprint density at radius 3 is 2.90 bits per heavy atom. The summed E-state index contributed by atoms with van der Waals surface area (Å²) in [6.07, 6.45) is 0. The Labute approximate surface area is 124 Å². The molecular formula is C13H13FN2O4S. The maximum absolute atomic E-state index is 12.9. The molecule has 0 spiro atoms. The summed E-state index contributed by atoms with van der Waals surface area (Å²) in [6.45, 7) is -0.155. The van der Waals surface area contributed by atoms with Crippen molar-refractivity contribution in [2.45, 2.75) is 0 Å². The fourth-order valence-electron chi connectivity index (χ4n) is 1.68. The molecule has 6 nitrogen and oxygen atoms in total. The molecule has 0 radical (unpaired) electrons. The molecule has 1 fully saturated rings. The summed E-state index contributed by atoms with van der Waals surface area (Å²) in [7, 11) is 0. The van der Waals surface area contributed by atoms with Gasteiger partial charge in [-0.25, -0.2) is 4.39 Å². The maximum Gasteiger partial charge on any atom is 0.326 e. The average molecular weight is 312 g/mol. The minimum Gasteiger partial charge on any atom is -0.454 e. The van der Waals surface area contributed by atoms with Gasteiger partial charge in [-0.3, -0.25) is 14.4 Å². The van der Waals surface area contributed by atoms with Crippen molar-refractivity contribution in [1.29, 1.82) is 0 Å². The van der Waals surface area contributed by atoms with E-state index in [1.54, 1.807) is 0 Å². The first-order chi connectivity index (χ1) is 10.0. The fraction of sp³-hybridized carbons (Fsp3) is 0.308. The van der Waals surface area contributed by atoms with Crippen molar-refractivity contribution in [3.63, 3.8) is 0 Å². The fourth-order valence-corrected chi connectivity index (χ4v) is 2.50. The molecule has 1 saturated heterocycles. The van der Waals surface area contributed by atoms with Crippen LogP contribution in [-0.2, 0) is 14.3 Å². The summed E-state index contributed by atoms with van der Waals surface area (Å²) in [6, 6.07) is 5.37. The Kier molecular flexibility index (Phi) is 5.15. The highest BCUT2D eigenvalue weighted by molar-refractivity contribution is 8.13. The number of esters is 1. The molecule has 0 unspecified atom stereocenters. The third-order valence-corrected chi connectivity index (χ3v) is 3.53. The molecule has 1 aromatic rings. The number of hydrogen-bond acceptors (Lipinski definition) is 5. The number of rotatable bonds is 5. The van der Waals surface area contributed by atoms with Gasteiger partial charge in [-0.2, -0.15) is 0 Å². The first-order valence-corrected chi connectivity index (χ1v) is 7.16. The molecule has 0 atom stereocenters. The highest BCUT2D eigenvalue weighted by atomic mass is 32.2. The number of hydrogen-bond donors (Lipinski definition) is 1. The standard InChI is InChI=1S/C13H13FN2O4S/c14-9-2-1-3-10(6-9)15-11(17)8-20-12(18)7-16-4-5-21-13(16)19/h1-3,6H,4-5,7-8H2,(H,15,17). The Hall–Kier alpha value is -2.09. The molecule has 0 aliphatic carbocycles. The quantitative estimate of drug-likeness (QED) is 0.833. The van der Waals surface area contributed by atoms with E-state index in [2.05, 4.69) is 5.32 Å². The van der Waals surface area contributed by atoms with E-state index in [0.29, 0.717) is 12.3 Å². The van der Waals surface area contributed by atoms with E-state index in [1.165, 1.54) is 23.1 Å². The number of benzene rings is 1. The highest BCUT2D eigenvalue weighted by Gasteiger charge is 2.24. The van der Waals surface area contributed by atoms with E-state index < -0.39 is 24.3 Å². The van der Waals surface area contributed by atoms with Gasteiger partial charge in [-0.1, -0.05) is 17.8 Å². The molecule has 0 saturated carbocycles. The zero-order valence-corrected chi connectivity index (χ0v) is 11.8. The van der Waals surface area contributed by atoms with Crippen LogP contribution in [0.15, 0.2) is 24.3 Å². The average Bonchev–Trinajstić information content (AvgIpc) is 2.82. The van der Waals surface area contributed by atoms with Gasteiger partial charge in [0.05, 0.1) is 0 Å². The molecule has 2 amide bonds. The van der Waals surface area contributed by atoms with Crippen molar-refractivity contribution >= 4 is 34.6 Å². The Morgan fingerprint density at radius 1 is 1.43 bits per heavy atom. The van der Waals surface area contributed by atoms with E-state index in [0.717, 1.165) is 17.8 Å². The van der Waals surface area contributed by atoms with Crippen molar-refractivity contribution in [2.75, 3.05) is 30.8 Å². The number of anilines is 1. The van der Waals surface area contributed by atoms with Crippen LogP contribution >= 0.6 is 11.8 Å². The van der Waals surface area contributed by atoms with Crippen LogP contribution in [0.3, 0.4) is 0 Å². The molecule has 1 aliphatic heterocycles. The number of nitrogens with zero attached hydrogens (tertiary/aromatic N) is 1. The molecule has 112 valence electrons. The number of ether oxygens (including phenoxy) is 1. The zero-order valence-electron chi connectivity index (χ0n) is 11.0. The summed E-state index contributed by atoms with van der Waals surface area (Å²) in [4.78, 5) is 35.7. The lowest BCUT2D eigenvalue weighted by atomic mass is 10.3. The zero-order chi connectivity index (χ0) is 15.2. The second-order valence-electron chi connectivity index (χ2n) is 4.26. The topological polar surface area (TPSA) is 75.7 Å². The van der Waals surface area contributed by atoms with Crippen molar-refractivity contribution in [3.8, 4) is 0 Å². The Balaban J connectivity index is 1.73. The number of nitrogens with one attached hydrogen (secondary N) is 1. The van der Waals surface area contributed by atoms with Crippen LogP contribution in [0.4, 0.5) is 14.9 Å². The predicted octanol–water partition coefficient (Wildman–Crippen LogP) is 1.48. The van der Waals surface area contributed by atoms with Gasteiger partial charge < -0.3 is 15.0 Å². The van der Waals surface area contributed by atoms with E-state index in [9.17, 15) is 18.8 Å². The summed E-state index contributed by atoms with van der Waals surface area (Å²) in [5.74, 6) is -1.06. The molecular weight excluding hydrogens is 299 g/mol. The summed E-state index contributed by atoms with van der Waals surface area (Å²) >= 11 is 1.14. The van der Waals surface area contributed by atoms with Crippen molar-refractivity contribution in [3.05, 3.63) is 30.1 Å². The number of carbonyl (C=O) groups is 3. The lowest BCUT2D eigenvalue weighted by Gasteiger charge is -2.13. The first-order valence-electron chi connectivity index (χ1n) is 6.17. The molecule has 1 aliphatic rings. The molecule has 21 heavy (non-hydrogen) atoms. The van der Waals surface area contributed by atoms with Crippen molar-refractivity contribution < 1.29 is 23.5 Å². The van der Waals surface area contributed by atoms with Gasteiger partial charge in [0, 0.05) is 18.0 Å². The molecule has 0 aromatic heterocycles. The molecule has 1 N–H and O–H groups in total. The molecule has 8 heteroatoms. The normalized spacial score (nSPS) is 14.1. The minimum atomic E-state index is -0.653. The maximum atomic E-state index is 12.9. The Bertz CT molecular complexity index is 567. The van der Waals surface area contributed by atoms with E-state index >= 15 is 0 Å². The van der Waals surface area contributed by atoms with Gasteiger partial charge in [-0.05, 0) is 18.2 Å². The predicted molar refractivity (Wildman–Crippen MR) is 75.4 cm³/mol. The molecule has 0 bridgehead atoms. The van der Waals surface area contributed by atoms with Crippen LogP contribution in [-0.4, -0.2) is 47.5 Å². The lowest BCUT2D eigenvalue weighted by molar-refractivity contribution is -0.147. The summed E-state index contributed by atoms with van der Waals surface area (Å²) < 4.78 is 17.7. The van der Waals surface area contributed by atoms with Crippen LogP contribution < -0.4 is 5.32 Å². The monoisotopic (exact) mass is 312 g/mol. The summed E-state index contributed by atoms with van der Waals surface area (Å²) in [5, 5.41) is 2.23. The number of thioether (sulfide) groups is 1. The van der Waals surface area contributed by atoms with Gasteiger partial charge in [0.2, 0.25) is 0 Å². The SMILES string of the molecule is O=C(COC(=O)CN1CCSC1=O)Nc1cccc(F)c1. The van der Waals surface area contributed by atoms with Crippen LogP contribution in [0.5, 0.6) is 0 Å². The van der Waals surface area contributed by atoms with Crippen LogP contribution in [0.1, 0.15) is 0 Å². The van der Waals surface area contributed by atoms with Gasteiger partial charge in [0.1, 0.15) is 12.4 Å². The third kappa shape index (κ3) is 4.75. The third-order valence-electron chi connectivity index (χ3n) is 2.64. The smallest absolute Gasteiger partial charge is 0.326 e. The number of carbonyl (C=O) groups excluding carboxylic acids is 3. The largest absolute Gasteiger partial charge is 0.454 e. The van der Waals surface area contributed by atoms with E-state index in [4.69, 9.17) is 4.74 Å². The van der Waals surface area contributed by atoms with Crippen LogP contribution in [0.2, 0.25) is 0 Å². The van der Waals surface area contributed by atoms with E-state index in [1.807, 2.05) is 0 Å². The van der Waals surface area contributed by atoms with Crippen LogP contribution in [0, 0.1) is 5.82 Å². The number of halogens is 1. The minimum absolute atomic E-state index is 0.168. The van der Waals surface area contributed by atoms with Gasteiger partial charge in [-0.15, -0.1) is 0 Å². The molecule has 1 heterocycles. The van der Waals surface area contributed by atoms with Gasteiger partial charge in [0.25, 0.3) is 11.1 Å². The molecule has 1 aromatic carbocycles. The Morgan fingerprint density at radius 2 is 2.24 bits per heavy atom. The second-order valence-corrected chi connectivity index (χ2v) is 5.30. The van der Waals surface area contributed by atoms with E-state index in [-0.39, 0.29) is 17.5 Å². The number of amides is 2. The molecule has 2 rings (SSSR count). The van der Waals surface area contributed by atoms with Crippen molar-refractivity contribution in [2.24, 2.45) is 0 Å².